The van der Waals surface area contributed by atoms with Crippen molar-refractivity contribution in [2.75, 3.05) is 12.8 Å². The van der Waals surface area contributed by atoms with Gasteiger partial charge in [-0.3, -0.25) is 4.79 Å². The number of carbonyl (C=O) groups is 1. The number of nitrogens with one attached hydrogen (secondary N) is 1. The number of amides is 1. The molecule has 1 saturated carbocycles. The number of rotatable bonds is 3. The van der Waals surface area contributed by atoms with E-state index >= 15 is 0 Å². The normalized spacial score (nSPS) is 33.9. The van der Waals surface area contributed by atoms with Crippen LogP contribution in [0.3, 0.4) is 0 Å². The van der Waals surface area contributed by atoms with Gasteiger partial charge in [0.2, 0.25) is 15.9 Å². The van der Waals surface area contributed by atoms with Crippen molar-refractivity contribution in [3.63, 3.8) is 0 Å². The highest BCUT2D eigenvalue weighted by atomic mass is 32.2. The number of likely N-dealkylation sites (tertiary alicyclic amines) is 1. The van der Waals surface area contributed by atoms with Crippen LogP contribution in [0.25, 0.3) is 0 Å². The smallest absolute Gasteiger partial charge is 0.241 e. The van der Waals surface area contributed by atoms with E-state index in [9.17, 15) is 13.2 Å². The van der Waals surface area contributed by atoms with Crippen LogP contribution in [0, 0.1) is 0 Å². The molecule has 1 amide bonds. The summed E-state index contributed by atoms with van der Waals surface area (Å²) in [5.74, 6) is 0.171. The minimum Gasteiger partial charge on any atom is -0.338 e. The maximum Gasteiger partial charge on any atom is 0.241 e. The van der Waals surface area contributed by atoms with Crippen molar-refractivity contribution in [2.24, 2.45) is 0 Å². The first-order valence-corrected chi connectivity index (χ1v) is 8.29. The molecule has 0 bridgehead atoms. The summed E-state index contributed by atoms with van der Waals surface area (Å²) in [6.07, 6.45) is 5.39. The topological polar surface area (TPSA) is 66.5 Å². The van der Waals surface area contributed by atoms with Gasteiger partial charge in [0.15, 0.2) is 0 Å². The molecule has 1 saturated heterocycles. The monoisotopic (exact) mass is 270 g/mol. The third kappa shape index (κ3) is 3.26. The van der Waals surface area contributed by atoms with Crippen LogP contribution in [0.1, 0.15) is 32.1 Å². The van der Waals surface area contributed by atoms with Crippen molar-refractivity contribution in [2.45, 2.75) is 50.0 Å². The van der Waals surface area contributed by atoms with Gasteiger partial charge in [-0.05, 0) is 19.3 Å². The van der Waals surface area contributed by atoms with Gasteiger partial charge in [-0.1, -0.05) is 18.7 Å². The zero-order valence-electron chi connectivity index (χ0n) is 10.6. The Hall–Kier alpha value is -0.555. The Morgan fingerprint density at radius 1 is 1.22 bits per heavy atom. The van der Waals surface area contributed by atoms with Crippen LogP contribution in [-0.2, 0) is 14.8 Å². The summed E-state index contributed by atoms with van der Waals surface area (Å²) in [7, 11) is 2.52. The average molecular weight is 270 g/mol. The van der Waals surface area contributed by atoms with Crippen LogP contribution in [0.15, 0.2) is 0 Å². The number of nitrogens with zero attached hydrogens (tertiary/aromatic N) is 1. The molecule has 7 heteroatoms. The molecule has 18 heavy (non-hydrogen) atoms. The molecule has 2 rings (SSSR count). The lowest BCUT2D eigenvalue weighted by Gasteiger charge is -2.33. The minimum absolute atomic E-state index is 0.0825. The largest absolute Gasteiger partial charge is 0.338 e. The van der Waals surface area contributed by atoms with E-state index in [-0.39, 0.29) is 17.8 Å². The van der Waals surface area contributed by atoms with Crippen LogP contribution < -0.4 is 4.72 Å². The van der Waals surface area contributed by atoms with E-state index in [1.807, 2.05) is 4.90 Å². The average Bonchev–Trinajstić information content (AvgIpc) is 2.60. The molecule has 1 unspecified atom stereocenters. The number of hydrogen-bond donors (Lipinski definition) is 1. The van der Waals surface area contributed by atoms with Gasteiger partial charge < -0.3 is 4.90 Å². The molecule has 0 aromatic heterocycles. The van der Waals surface area contributed by atoms with Gasteiger partial charge in [-0.25, -0.2) is 13.1 Å². The Morgan fingerprint density at radius 3 is 2.39 bits per heavy atom. The standard InChI is InChI=1S/C11H19BN2O3S/c1-18(16,17)13-10-6-7-14(11(10)15)9-4-2-8(12)3-5-9/h8-10,13H,2-7H2,1H3. The molecule has 2 fully saturated rings. The summed E-state index contributed by atoms with van der Waals surface area (Å²) in [5.41, 5.74) is 0. The third-order valence-corrected chi connectivity index (χ3v) is 4.49. The first-order chi connectivity index (χ1) is 8.37. The highest BCUT2D eigenvalue weighted by Gasteiger charge is 2.37. The number of carbonyl (C=O) groups excluding carboxylic acids is 1. The second-order valence-electron chi connectivity index (χ2n) is 5.33. The Balaban J connectivity index is 1.95. The maximum atomic E-state index is 12.1. The van der Waals surface area contributed by atoms with Crippen molar-refractivity contribution in [3.8, 4) is 0 Å². The van der Waals surface area contributed by atoms with E-state index in [4.69, 9.17) is 7.85 Å². The summed E-state index contributed by atoms with van der Waals surface area (Å²) in [6, 6.07) is -0.334. The van der Waals surface area contributed by atoms with E-state index < -0.39 is 16.1 Å². The summed E-state index contributed by atoms with van der Waals surface area (Å²) in [5, 5.41) is 0. The van der Waals surface area contributed by atoms with Crippen molar-refractivity contribution in [1.82, 2.24) is 9.62 Å². The Labute approximate surface area is 110 Å². The Morgan fingerprint density at radius 2 is 1.83 bits per heavy atom. The zero-order valence-corrected chi connectivity index (χ0v) is 11.4. The minimum atomic E-state index is -3.32. The molecule has 0 spiro atoms. The van der Waals surface area contributed by atoms with Gasteiger partial charge in [0.1, 0.15) is 6.04 Å². The lowest BCUT2D eigenvalue weighted by atomic mass is 9.74. The predicted octanol–water partition coefficient (Wildman–Crippen LogP) is 0.0361. The molecule has 100 valence electrons. The third-order valence-electron chi connectivity index (χ3n) is 3.78. The fourth-order valence-electron chi connectivity index (χ4n) is 2.85. The van der Waals surface area contributed by atoms with Crippen LogP contribution in [0.2, 0.25) is 5.82 Å². The van der Waals surface area contributed by atoms with Gasteiger partial charge in [0.25, 0.3) is 0 Å². The summed E-state index contributed by atoms with van der Waals surface area (Å²) < 4.78 is 24.7. The van der Waals surface area contributed by atoms with Crippen molar-refractivity contribution >= 4 is 23.8 Å². The molecule has 5 nitrogen and oxygen atoms in total. The second-order valence-corrected chi connectivity index (χ2v) is 7.11. The fourth-order valence-corrected chi connectivity index (χ4v) is 3.58. The first kappa shape index (κ1) is 13.9. The van der Waals surface area contributed by atoms with E-state index in [1.165, 1.54) is 0 Å². The molecule has 1 N–H and O–H groups in total. The molecular formula is C11H19BN2O3S. The molecule has 1 aliphatic heterocycles. The maximum absolute atomic E-state index is 12.1. The second kappa shape index (κ2) is 5.21. The highest BCUT2D eigenvalue weighted by molar-refractivity contribution is 7.88. The molecule has 0 aromatic carbocycles. The summed E-state index contributed by atoms with van der Waals surface area (Å²) in [6.45, 7) is 0.645. The van der Waals surface area contributed by atoms with Gasteiger partial charge in [-0.2, -0.15) is 0 Å². The molecule has 1 atom stereocenters. The van der Waals surface area contributed by atoms with Gasteiger partial charge in [-0.15, -0.1) is 0 Å². The Kier molecular flexibility index (Phi) is 4.01. The van der Waals surface area contributed by atoms with Crippen LogP contribution in [0.5, 0.6) is 0 Å². The lowest BCUT2D eigenvalue weighted by Crippen LogP contribution is -2.45. The van der Waals surface area contributed by atoms with Crippen LogP contribution >= 0.6 is 0 Å². The van der Waals surface area contributed by atoms with E-state index in [0.29, 0.717) is 13.0 Å². The zero-order chi connectivity index (χ0) is 13.3. The van der Waals surface area contributed by atoms with Gasteiger partial charge in [0, 0.05) is 12.6 Å². The van der Waals surface area contributed by atoms with Crippen molar-refractivity contribution in [1.29, 1.82) is 0 Å². The van der Waals surface area contributed by atoms with Crippen molar-refractivity contribution in [3.05, 3.63) is 0 Å². The molecule has 2 aliphatic rings. The fraction of sp³-hybridized carbons (Fsp3) is 0.909. The van der Waals surface area contributed by atoms with Gasteiger partial charge >= 0.3 is 0 Å². The first-order valence-electron chi connectivity index (χ1n) is 6.40. The van der Waals surface area contributed by atoms with E-state index in [2.05, 4.69) is 4.72 Å². The lowest BCUT2D eigenvalue weighted by molar-refractivity contribution is -0.131. The van der Waals surface area contributed by atoms with E-state index in [1.54, 1.807) is 0 Å². The highest BCUT2D eigenvalue weighted by Crippen LogP contribution is 2.31. The molecular weight excluding hydrogens is 251 g/mol. The number of sulfonamides is 1. The van der Waals surface area contributed by atoms with Crippen LogP contribution in [-0.4, -0.2) is 52.0 Å². The molecule has 2 radical (unpaired) electrons. The molecule has 0 aromatic rings. The Bertz CT molecular complexity index is 418. The number of hydrogen-bond acceptors (Lipinski definition) is 3. The summed E-state index contributed by atoms with van der Waals surface area (Å²) in [4.78, 5) is 14.0. The quantitative estimate of drug-likeness (QED) is 0.736. The predicted molar refractivity (Wildman–Crippen MR) is 69.9 cm³/mol. The summed E-state index contributed by atoms with van der Waals surface area (Å²) >= 11 is 0. The van der Waals surface area contributed by atoms with Gasteiger partial charge in [0.05, 0.1) is 14.1 Å². The van der Waals surface area contributed by atoms with Crippen LogP contribution in [0.4, 0.5) is 0 Å². The molecule has 1 heterocycles. The SMILES string of the molecule is [B]C1CCC(N2CCC(NS(C)(=O)=O)C2=O)CC1. The molecule has 1 aliphatic carbocycles. The van der Waals surface area contributed by atoms with Crippen molar-refractivity contribution < 1.29 is 13.2 Å². The van der Waals surface area contributed by atoms with E-state index in [0.717, 1.165) is 31.9 Å².